The molecule has 1 saturated heterocycles. The molecule has 0 aromatic heterocycles. The summed E-state index contributed by atoms with van der Waals surface area (Å²) in [5, 5.41) is 0. The predicted octanol–water partition coefficient (Wildman–Crippen LogP) is 1.10. The van der Waals surface area contributed by atoms with Crippen LogP contribution in [0.1, 0.15) is 11.9 Å². The summed E-state index contributed by atoms with van der Waals surface area (Å²) in [5.41, 5.74) is 1.42. The van der Waals surface area contributed by atoms with Crippen LogP contribution in [0.3, 0.4) is 0 Å². The van der Waals surface area contributed by atoms with Gasteiger partial charge in [0.15, 0.2) is 6.29 Å². The van der Waals surface area contributed by atoms with E-state index in [0.717, 1.165) is 11.8 Å². The van der Waals surface area contributed by atoms with Crippen LogP contribution in [0.4, 0.5) is 5.69 Å². The van der Waals surface area contributed by atoms with Gasteiger partial charge in [0.25, 0.3) is 0 Å². The number of sulfonamides is 1. The molecule has 0 saturated carbocycles. The first-order valence-corrected chi connectivity index (χ1v) is 6.75. The summed E-state index contributed by atoms with van der Waals surface area (Å²) in [4.78, 5) is 0. The van der Waals surface area contributed by atoms with Crippen molar-refractivity contribution in [2.45, 2.75) is 6.29 Å². The summed E-state index contributed by atoms with van der Waals surface area (Å²) < 4.78 is 35.0. The highest BCUT2D eigenvalue weighted by molar-refractivity contribution is 7.92. The lowest BCUT2D eigenvalue weighted by Gasteiger charge is -2.10. The molecule has 1 aliphatic rings. The van der Waals surface area contributed by atoms with E-state index in [9.17, 15) is 8.42 Å². The smallest absolute Gasteiger partial charge is 0.229 e. The van der Waals surface area contributed by atoms with Crippen LogP contribution in [-0.4, -0.2) is 27.9 Å². The van der Waals surface area contributed by atoms with E-state index in [2.05, 4.69) is 4.72 Å². The number of nitrogens with one attached hydrogen (secondary N) is 1. The second kappa shape index (κ2) is 4.40. The minimum absolute atomic E-state index is 0.327. The fourth-order valence-electron chi connectivity index (χ4n) is 1.47. The molecule has 16 heavy (non-hydrogen) atoms. The van der Waals surface area contributed by atoms with Crippen molar-refractivity contribution in [3.63, 3.8) is 0 Å². The van der Waals surface area contributed by atoms with Crippen molar-refractivity contribution in [3.05, 3.63) is 29.8 Å². The Kier molecular flexibility index (Phi) is 3.13. The van der Waals surface area contributed by atoms with Crippen LogP contribution in [0.15, 0.2) is 24.3 Å². The topological polar surface area (TPSA) is 64.6 Å². The summed E-state index contributed by atoms with van der Waals surface area (Å²) in [7, 11) is -3.22. The Morgan fingerprint density at radius 1 is 1.19 bits per heavy atom. The van der Waals surface area contributed by atoms with Gasteiger partial charge in [-0.1, -0.05) is 12.1 Å². The van der Waals surface area contributed by atoms with Gasteiger partial charge in [0.2, 0.25) is 10.0 Å². The van der Waals surface area contributed by atoms with Gasteiger partial charge in [-0.05, 0) is 12.1 Å². The number of rotatable bonds is 3. The molecule has 1 fully saturated rings. The highest BCUT2D eigenvalue weighted by atomic mass is 32.2. The van der Waals surface area contributed by atoms with Gasteiger partial charge in [-0.2, -0.15) is 0 Å². The van der Waals surface area contributed by atoms with Crippen LogP contribution >= 0.6 is 0 Å². The van der Waals surface area contributed by atoms with Crippen LogP contribution in [-0.2, 0) is 19.5 Å². The Balaban J connectivity index is 2.10. The van der Waals surface area contributed by atoms with E-state index in [4.69, 9.17) is 9.47 Å². The molecule has 88 valence electrons. The highest BCUT2D eigenvalue weighted by Gasteiger charge is 2.17. The molecule has 5 nitrogen and oxygen atoms in total. The largest absolute Gasteiger partial charge is 0.346 e. The lowest BCUT2D eigenvalue weighted by molar-refractivity contribution is -0.0441. The standard InChI is InChI=1S/C10H13NO4S/c1-16(12,13)11-9-4-2-8(3-5-9)10-14-6-7-15-10/h2-5,10-11H,6-7H2,1H3. The van der Waals surface area contributed by atoms with Gasteiger partial charge in [-0.25, -0.2) is 8.42 Å². The van der Waals surface area contributed by atoms with Gasteiger partial charge >= 0.3 is 0 Å². The monoisotopic (exact) mass is 243 g/mol. The van der Waals surface area contributed by atoms with Gasteiger partial charge in [-0.3, -0.25) is 4.72 Å². The van der Waals surface area contributed by atoms with Crippen molar-refractivity contribution in [1.82, 2.24) is 0 Å². The third-order valence-electron chi connectivity index (χ3n) is 2.11. The zero-order chi connectivity index (χ0) is 11.6. The Bertz CT molecular complexity index is 448. The second-order valence-corrected chi connectivity index (χ2v) is 5.32. The van der Waals surface area contributed by atoms with Crippen molar-refractivity contribution >= 4 is 15.7 Å². The molecule has 1 heterocycles. The SMILES string of the molecule is CS(=O)(=O)Nc1ccc(C2OCCO2)cc1. The average Bonchev–Trinajstić information content (AvgIpc) is 2.69. The Labute approximate surface area is 94.4 Å². The zero-order valence-corrected chi connectivity index (χ0v) is 9.66. The molecule has 1 N–H and O–H groups in total. The van der Waals surface area contributed by atoms with Crippen LogP contribution in [0, 0.1) is 0 Å². The molecule has 1 aromatic carbocycles. The van der Waals surface area contributed by atoms with Crippen molar-refractivity contribution < 1.29 is 17.9 Å². The van der Waals surface area contributed by atoms with Gasteiger partial charge < -0.3 is 9.47 Å². The number of hydrogen-bond acceptors (Lipinski definition) is 4. The molecule has 2 rings (SSSR count). The lowest BCUT2D eigenvalue weighted by atomic mass is 10.2. The van der Waals surface area contributed by atoms with Crippen LogP contribution in [0.25, 0.3) is 0 Å². The quantitative estimate of drug-likeness (QED) is 0.863. The summed E-state index contributed by atoms with van der Waals surface area (Å²) in [6.45, 7) is 1.18. The third-order valence-corrected chi connectivity index (χ3v) is 2.71. The van der Waals surface area contributed by atoms with Gasteiger partial charge in [0.1, 0.15) is 0 Å². The lowest BCUT2D eigenvalue weighted by Crippen LogP contribution is -2.09. The first-order valence-electron chi connectivity index (χ1n) is 4.85. The molecule has 0 bridgehead atoms. The van der Waals surface area contributed by atoms with Crippen molar-refractivity contribution in [2.24, 2.45) is 0 Å². The number of benzene rings is 1. The maximum Gasteiger partial charge on any atom is 0.229 e. The second-order valence-electron chi connectivity index (χ2n) is 3.57. The maximum atomic E-state index is 11.0. The molecule has 1 aromatic rings. The first-order chi connectivity index (χ1) is 7.54. The number of ether oxygens (including phenoxy) is 2. The van der Waals surface area contributed by atoms with E-state index in [1.165, 1.54) is 0 Å². The number of anilines is 1. The molecule has 0 aliphatic carbocycles. The normalized spacial score (nSPS) is 17.6. The average molecular weight is 243 g/mol. The Morgan fingerprint density at radius 3 is 2.25 bits per heavy atom. The van der Waals surface area contributed by atoms with Crippen LogP contribution in [0.2, 0.25) is 0 Å². The summed E-state index contributed by atoms with van der Waals surface area (Å²) >= 11 is 0. The van der Waals surface area contributed by atoms with Crippen molar-refractivity contribution in [3.8, 4) is 0 Å². The molecule has 0 radical (unpaired) electrons. The predicted molar refractivity (Wildman–Crippen MR) is 59.6 cm³/mol. The summed E-state index contributed by atoms with van der Waals surface area (Å²) in [6, 6.07) is 6.93. The molecule has 0 spiro atoms. The fourth-order valence-corrected chi connectivity index (χ4v) is 2.04. The fraction of sp³-hybridized carbons (Fsp3) is 0.400. The molecule has 0 unspecified atom stereocenters. The van der Waals surface area contributed by atoms with E-state index >= 15 is 0 Å². The molecular formula is C10H13NO4S. The van der Waals surface area contributed by atoms with Crippen LogP contribution < -0.4 is 4.72 Å². The minimum Gasteiger partial charge on any atom is -0.346 e. The summed E-state index contributed by atoms with van der Waals surface area (Å²) in [6.07, 6.45) is 0.789. The summed E-state index contributed by atoms with van der Waals surface area (Å²) in [5.74, 6) is 0. The van der Waals surface area contributed by atoms with Crippen molar-refractivity contribution in [2.75, 3.05) is 24.2 Å². The minimum atomic E-state index is -3.22. The zero-order valence-electron chi connectivity index (χ0n) is 8.84. The molecule has 0 atom stereocenters. The molecule has 1 aliphatic heterocycles. The molecule has 0 amide bonds. The molecule has 6 heteroatoms. The molecular weight excluding hydrogens is 230 g/mol. The van der Waals surface area contributed by atoms with E-state index in [0.29, 0.717) is 18.9 Å². The van der Waals surface area contributed by atoms with E-state index in [1.807, 2.05) is 0 Å². The maximum absolute atomic E-state index is 11.0. The van der Waals surface area contributed by atoms with E-state index in [1.54, 1.807) is 24.3 Å². The number of hydrogen-bond donors (Lipinski definition) is 1. The highest BCUT2D eigenvalue weighted by Crippen LogP contribution is 2.24. The van der Waals surface area contributed by atoms with Gasteiger partial charge in [0.05, 0.1) is 19.5 Å². The van der Waals surface area contributed by atoms with Gasteiger partial charge in [-0.15, -0.1) is 0 Å². The Morgan fingerprint density at radius 2 is 1.75 bits per heavy atom. The third kappa shape index (κ3) is 2.94. The van der Waals surface area contributed by atoms with Gasteiger partial charge in [0, 0.05) is 11.3 Å². The van der Waals surface area contributed by atoms with E-state index in [-0.39, 0.29) is 6.29 Å². The van der Waals surface area contributed by atoms with E-state index < -0.39 is 10.0 Å². The Hall–Kier alpha value is -1.11. The van der Waals surface area contributed by atoms with Crippen molar-refractivity contribution in [1.29, 1.82) is 0 Å². The first kappa shape index (κ1) is 11.4. The van der Waals surface area contributed by atoms with Crippen LogP contribution in [0.5, 0.6) is 0 Å².